The van der Waals surface area contributed by atoms with Crippen molar-refractivity contribution in [1.29, 1.82) is 0 Å². The number of ether oxygens (including phenoxy) is 1. The van der Waals surface area contributed by atoms with Crippen molar-refractivity contribution in [3.8, 4) is 0 Å². The van der Waals surface area contributed by atoms with Crippen LogP contribution in [0.5, 0.6) is 0 Å². The third kappa shape index (κ3) is 6.75. The topological polar surface area (TPSA) is 35.2 Å². The van der Waals surface area contributed by atoms with Gasteiger partial charge in [-0.3, -0.25) is 0 Å². The number of unbranched alkanes of at least 4 members (excludes halogenated alkanes) is 6. The molecule has 0 aromatic heterocycles. The Morgan fingerprint density at radius 3 is 2.33 bits per heavy atom. The summed E-state index contributed by atoms with van der Waals surface area (Å²) in [6.07, 6.45) is 13.5. The predicted molar refractivity (Wildman–Crippen MR) is 78.7 cm³/mol. The van der Waals surface area contributed by atoms with E-state index in [4.69, 9.17) is 10.5 Å². The van der Waals surface area contributed by atoms with Gasteiger partial charge >= 0.3 is 0 Å². The SMILES string of the molecule is CCCCCCCCCOCC1CCCC1CN. The minimum atomic E-state index is 0.735. The highest BCUT2D eigenvalue weighted by atomic mass is 16.5. The van der Waals surface area contributed by atoms with Crippen LogP contribution in [0.1, 0.15) is 71.1 Å². The van der Waals surface area contributed by atoms with Crippen LogP contribution in [-0.2, 0) is 4.74 Å². The molecule has 0 bridgehead atoms. The average Bonchev–Trinajstić information content (AvgIpc) is 2.84. The Hall–Kier alpha value is -0.0800. The van der Waals surface area contributed by atoms with Crippen LogP contribution in [0.15, 0.2) is 0 Å². The second kappa shape index (κ2) is 10.8. The van der Waals surface area contributed by atoms with Gasteiger partial charge in [0.15, 0.2) is 0 Å². The van der Waals surface area contributed by atoms with Crippen molar-refractivity contribution in [1.82, 2.24) is 0 Å². The molecule has 18 heavy (non-hydrogen) atoms. The lowest BCUT2D eigenvalue weighted by Crippen LogP contribution is -2.22. The molecule has 0 aromatic carbocycles. The Morgan fingerprint density at radius 2 is 1.61 bits per heavy atom. The van der Waals surface area contributed by atoms with Crippen LogP contribution in [0, 0.1) is 11.8 Å². The minimum Gasteiger partial charge on any atom is -0.381 e. The Balaban J connectivity index is 1.83. The molecule has 0 heterocycles. The van der Waals surface area contributed by atoms with Gasteiger partial charge in [0.2, 0.25) is 0 Å². The first-order valence-electron chi connectivity index (χ1n) is 8.16. The van der Waals surface area contributed by atoms with Crippen molar-refractivity contribution < 1.29 is 4.74 Å². The highest BCUT2D eigenvalue weighted by molar-refractivity contribution is 4.77. The van der Waals surface area contributed by atoms with E-state index in [0.29, 0.717) is 0 Å². The van der Waals surface area contributed by atoms with Crippen molar-refractivity contribution in [3.05, 3.63) is 0 Å². The molecular formula is C16H33NO. The van der Waals surface area contributed by atoms with Crippen LogP contribution >= 0.6 is 0 Å². The van der Waals surface area contributed by atoms with Gasteiger partial charge in [0.25, 0.3) is 0 Å². The average molecular weight is 255 g/mol. The van der Waals surface area contributed by atoms with Crippen molar-refractivity contribution in [2.75, 3.05) is 19.8 Å². The summed E-state index contributed by atoms with van der Waals surface area (Å²) in [6, 6.07) is 0. The molecule has 1 saturated carbocycles. The van der Waals surface area contributed by atoms with Crippen LogP contribution in [0.4, 0.5) is 0 Å². The van der Waals surface area contributed by atoms with Crippen LogP contribution in [0.25, 0.3) is 0 Å². The lowest BCUT2D eigenvalue weighted by molar-refractivity contribution is 0.0840. The van der Waals surface area contributed by atoms with Gasteiger partial charge in [-0.1, -0.05) is 51.9 Å². The highest BCUT2D eigenvalue weighted by Gasteiger charge is 2.25. The van der Waals surface area contributed by atoms with Crippen LogP contribution in [-0.4, -0.2) is 19.8 Å². The van der Waals surface area contributed by atoms with E-state index in [1.807, 2.05) is 0 Å². The van der Waals surface area contributed by atoms with Crippen LogP contribution < -0.4 is 5.73 Å². The maximum Gasteiger partial charge on any atom is 0.0497 e. The van der Waals surface area contributed by atoms with Crippen molar-refractivity contribution in [3.63, 3.8) is 0 Å². The number of hydrogen-bond acceptors (Lipinski definition) is 2. The van der Waals surface area contributed by atoms with Gasteiger partial charge in [-0.2, -0.15) is 0 Å². The molecule has 2 atom stereocenters. The molecule has 2 N–H and O–H groups in total. The van der Waals surface area contributed by atoms with Crippen molar-refractivity contribution >= 4 is 0 Å². The molecular weight excluding hydrogens is 222 g/mol. The standard InChI is InChI=1S/C16H33NO/c1-2-3-4-5-6-7-8-12-18-14-16-11-9-10-15(16)13-17/h15-16H,2-14,17H2,1H3. The predicted octanol–water partition coefficient (Wildman–Crippen LogP) is 4.13. The maximum absolute atomic E-state index is 5.82. The summed E-state index contributed by atoms with van der Waals surface area (Å²) in [5.41, 5.74) is 5.78. The van der Waals surface area contributed by atoms with Crippen LogP contribution in [0.3, 0.4) is 0 Å². The number of hydrogen-bond donors (Lipinski definition) is 1. The Morgan fingerprint density at radius 1 is 0.944 bits per heavy atom. The first kappa shape index (κ1) is 16.0. The smallest absolute Gasteiger partial charge is 0.0497 e. The highest BCUT2D eigenvalue weighted by Crippen LogP contribution is 2.30. The Kier molecular flexibility index (Phi) is 9.59. The largest absolute Gasteiger partial charge is 0.381 e. The molecule has 0 radical (unpaired) electrons. The van der Waals surface area contributed by atoms with Gasteiger partial charge in [0.1, 0.15) is 0 Å². The van der Waals surface area contributed by atoms with E-state index in [0.717, 1.165) is 31.6 Å². The molecule has 2 nitrogen and oxygen atoms in total. The molecule has 2 unspecified atom stereocenters. The molecule has 0 saturated heterocycles. The summed E-state index contributed by atoms with van der Waals surface area (Å²) in [4.78, 5) is 0. The molecule has 108 valence electrons. The molecule has 1 aliphatic carbocycles. The van der Waals surface area contributed by atoms with Gasteiger partial charge in [-0.15, -0.1) is 0 Å². The number of nitrogens with two attached hydrogens (primary N) is 1. The van der Waals surface area contributed by atoms with Crippen LogP contribution in [0.2, 0.25) is 0 Å². The quantitative estimate of drug-likeness (QED) is 0.563. The molecule has 1 fully saturated rings. The van der Waals surface area contributed by atoms with E-state index >= 15 is 0 Å². The lowest BCUT2D eigenvalue weighted by atomic mass is 9.97. The number of rotatable bonds is 11. The zero-order chi connectivity index (χ0) is 13.1. The van der Waals surface area contributed by atoms with Crippen molar-refractivity contribution in [2.24, 2.45) is 17.6 Å². The van der Waals surface area contributed by atoms with E-state index in [9.17, 15) is 0 Å². The van der Waals surface area contributed by atoms with E-state index in [-0.39, 0.29) is 0 Å². The summed E-state index contributed by atoms with van der Waals surface area (Å²) < 4.78 is 5.82. The summed E-state index contributed by atoms with van der Waals surface area (Å²) >= 11 is 0. The molecule has 0 spiro atoms. The molecule has 2 heteroatoms. The minimum absolute atomic E-state index is 0.735. The second-order valence-corrected chi connectivity index (χ2v) is 5.88. The molecule has 1 rings (SSSR count). The summed E-state index contributed by atoms with van der Waals surface area (Å²) in [6.45, 7) is 5.04. The van der Waals surface area contributed by atoms with Gasteiger partial charge in [0, 0.05) is 13.2 Å². The van der Waals surface area contributed by atoms with Crippen molar-refractivity contribution in [2.45, 2.75) is 71.1 Å². The zero-order valence-corrected chi connectivity index (χ0v) is 12.3. The fraction of sp³-hybridized carbons (Fsp3) is 1.00. The summed E-state index contributed by atoms with van der Waals surface area (Å²) in [7, 11) is 0. The molecule has 0 aromatic rings. The third-order valence-electron chi connectivity index (χ3n) is 4.34. The van der Waals surface area contributed by atoms with Gasteiger partial charge in [-0.25, -0.2) is 0 Å². The third-order valence-corrected chi connectivity index (χ3v) is 4.34. The molecule has 1 aliphatic rings. The van der Waals surface area contributed by atoms with E-state index in [1.165, 1.54) is 64.2 Å². The van der Waals surface area contributed by atoms with E-state index in [1.54, 1.807) is 0 Å². The zero-order valence-electron chi connectivity index (χ0n) is 12.3. The van der Waals surface area contributed by atoms with Gasteiger partial charge < -0.3 is 10.5 Å². The van der Waals surface area contributed by atoms with E-state index < -0.39 is 0 Å². The molecule has 0 aliphatic heterocycles. The summed E-state index contributed by atoms with van der Waals surface area (Å²) in [5.74, 6) is 1.48. The Bertz CT molecular complexity index is 184. The maximum atomic E-state index is 5.82. The fourth-order valence-corrected chi connectivity index (χ4v) is 3.04. The lowest BCUT2D eigenvalue weighted by Gasteiger charge is -2.17. The fourth-order valence-electron chi connectivity index (χ4n) is 3.04. The van der Waals surface area contributed by atoms with E-state index in [2.05, 4.69) is 6.92 Å². The van der Waals surface area contributed by atoms with Gasteiger partial charge in [-0.05, 0) is 37.6 Å². The second-order valence-electron chi connectivity index (χ2n) is 5.88. The monoisotopic (exact) mass is 255 g/mol. The first-order valence-corrected chi connectivity index (χ1v) is 8.16. The Labute approximate surface area is 114 Å². The normalized spacial score (nSPS) is 23.7. The van der Waals surface area contributed by atoms with Gasteiger partial charge in [0.05, 0.1) is 0 Å². The summed E-state index contributed by atoms with van der Waals surface area (Å²) in [5, 5.41) is 0. The molecule has 0 amide bonds. The first-order chi connectivity index (χ1) is 8.88.